The Labute approximate surface area is 101 Å². The molecule has 0 saturated heterocycles. The minimum Gasteiger partial charge on any atom is -0.329 e. The van der Waals surface area contributed by atoms with E-state index < -0.39 is 5.82 Å². The summed E-state index contributed by atoms with van der Waals surface area (Å²) in [6, 6.07) is 3.56. The molecule has 0 aromatic heterocycles. The Balaban J connectivity index is 2.67. The zero-order chi connectivity index (χ0) is 12.7. The molecule has 0 unspecified atom stereocenters. The minimum absolute atomic E-state index is 0.357. The van der Waals surface area contributed by atoms with Crippen LogP contribution in [0.4, 0.5) is 8.78 Å². The van der Waals surface area contributed by atoms with Gasteiger partial charge in [0.15, 0.2) is 0 Å². The molecule has 0 spiro atoms. The number of nitrogens with two attached hydrogens (primary N) is 1. The molecule has 0 fully saturated rings. The Morgan fingerprint density at radius 3 is 2.65 bits per heavy atom. The summed E-state index contributed by atoms with van der Waals surface area (Å²) in [5, 5.41) is 0. The van der Waals surface area contributed by atoms with Crippen LogP contribution in [0.5, 0.6) is 0 Å². The molecule has 0 saturated carbocycles. The van der Waals surface area contributed by atoms with Gasteiger partial charge < -0.3 is 5.73 Å². The van der Waals surface area contributed by atoms with E-state index in [1.54, 1.807) is 0 Å². The molecule has 0 bridgehead atoms. The zero-order valence-electron chi connectivity index (χ0n) is 10.3. The molecule has 0 aliphatic rings. The number of halogens is 2. The van der Waals surface area contributed by atoms with Gasteiger partial charge in [-0.3, -0.25) is 4.90 Å². The number of nitrogens with zero attached hydrogens (tertiary/aromatic N) is 1. The average Bonchev–Trinajstić information content (AvgIpc) is 2.31. The summed E-state index contributed by atoms with van der Waals surface area (Å²) in [6.45, 7) is 4.62. The summed E-state index contributed by atoms with van der Waals surface area (Å²) in [7, 11) is 0. The summed E-state index contributed by atoms with van der Waals surface area (Å²) in [5.41, 5.74) is 5.91. The molecule has 0 amide bonds. The second-order valence-corrected chi connectivity index (χ2v) is 4.15. The highest BCUT2D eigenvalue weighted by Crippen LogP contribution is 2.12. The number of rotatable bonds is 7. The van der Waals surface area contributed by atoms with Crippen molar-refractivity contribution in [1.29, 1.82) is 0 Å². The van der Waals surface area contributed by atoms with Gasteiger partial charge in [-0.15, -0.1) is 0 Å². The van der Waals surface area contributed by atoms with Gasteiger partial charge in [0.25, 0.3) is 0 Å². The van der Waals surface area contributed by atoms with Crippen molar-refractivity contribution in [2.45, 2.75) is 26.3 Å². The van der Waals surface area contributed by atoms with E-state index in [1.165, 1.54) is 12.1 Å². The van der Waals surface area contributed by atoms with E-state index in [-0.39, 0.29) is 5.82 Å². The third kappa shape index (κ3) is 4.79. The van der Waals surface area contributed by atoms with E-state index in [0.717, 1.165) is 25.5 Å². The van der Waals surface area contributed by atoms with Crippen molar-refractivity contribution >= 4 is 0 Å². The zero-order valence-corrected chi connectivity index (χ0v) is 10.3. The van der Waals surface area contributed by atoms with Crippen molar-refractivity contribution in [3.05, 3.63) is 35.4 Å². The van der Waals surface area contributed by atoms with Crippen LogP contribution in [0.3, 0.4) is 0 Å². The van der Waals surface area contributed by atoms with Gasteiger partial charge in [0.05, 0.1) is 0 Å². The maximum Gasteiger partial charge on any atom is 0.127 e. The second-order valence-electron chi connectivity index (χ2n) is 4.15. The van der Waals surface area contributed by atoms with Gasteiger partial charge in [-0.05, 0) is 31.2 Å². The maximum absolute atomic E-state index is 13.5. The van der Waals surface area contributed by atoms with Gasteiger partial charge in [0, 0.05) is 25.2 Å². The number of benzene rings is 1. The molecule has 0 aliphatic heterocycles. The quantitative estimate of drug-likeness (QED) is 0.796. The fraction of sp³-hybridized carbons (Fsp3) is 0.538. The smallest absolute Gasteiger partial charge is 0.127 e. The molecule has 2 N–H and O–H groups in total. The molecular weight excluding hydrogens is 222 g/mol. The highest BCUT2D eigenvalue weighted by atomic mass is 19.1. The first kappa shape index (κ1) is 14.1. The fourth-order valence-corrected chi connectivity index (χ4v) is 1.74. The first-order valence-corrected chi connectivity index (χ1v) is 6.03. The molecule has 4 heteroatoms. The molecule has 17 heavy (non-hydrogen) atoms. The van der Waals surface area contributed by atoms with Gasteiger partial charge in [0.1, 0.15) is 11.6 Å². The Kier molecular flexibility index (Phi) is 6.08. The minimum atomic E-state index is -0.399. The highest BCUT2D eigenvalue weighted by molar-refractivity contribution is 5.18. The lowest BCUT2D eigenvalue weighted by molar-refractivity contribution is 0.264. The molecule has 1 aromatic rings. The van der Waals surface area contributed by atoms with Crippen molar-refractivity contribution in [3.8, 4) is 0 Å². The molecular formula is C13H20F2N2. The molecule has 0 heterocycles. The van der Waals surface area contributed by atoms with Crippen molar-refractivity contribution < 1.29 is 8.78 Å². The van der Waals surface area contributed by atoms with Crippen LogP contribution in [0, 0.1) is 11.6 Å². The van der Waals surface area contributed by atoms with Crippen LogP contribution in [0.15, 0.2) is 18.2 Å². The molecule has 1 rings (SSSR count). The molecule has 96 valence electrons. The van der Waals surface area contributed by atoms with E-state index in [4.69, 9.17) is 5.73 Å². The van der Waals surface area contributed by atoms with Crippen LogP contribution in [0.25, 0.3) is 0 Å². The Morgan fingerprint density at radius 1 is 1.24 bits per heavy atom. The number of hydrogen-bond acceptors (Lipinski definition) is 2. The van der Waals surface area contributed by atoms with E-state index in [1.807, 2.05) is 0 Å². The Hall–Kier alpha value is -1.00. The van der Waals surface area contributed by atoms with Gasteiger partial charge >= 0.3 is 0 Å². The summed E-state index contributed by atoms with van der Waals surface area (Å²) >= 11 is 0. The first-order valence-electron chi connectivity index (χ1n) is 6.03. The summed E-state index contributed by atoms with van der Waals surface area (Å²) in [5.74, 6) is -0.755. The molecule has 1 aromatic carbocycles. The molecule has 2 nitrogen and oxygen atoms in total. The predicted octanol–water partition coefficient (Wildman–Crippen LogP) is 2.53. The maximum atomic E-state index is 13.5. The van der Waals surface area contributed by atoms with Crippen LogP contribution in [0.1, 0.15) is 25.3 Å². The summed E-state index contributed by atoms with van der Waals surface area (Å²) < 4.78 is 26.5. The van der Waals surface area contributed by atoms with Crippen LogP contribution in [-0.2, 0) is 6.54 Å². The average molecular weight is 242 g/mol. The normalized spacial score (nSPS) is 11.1. The predicted molar refractivity (Wildman–Crippen MR) is 65.6 cm³/mol. The van der Waals surface area contributed by atoms with Gasteiger partial charge in [-0.25, -0.2) is 8.78 Å². The van der Waals surface area contributed by atoms with Crippen molar-refractivity contribution in [3.63, 3.8) is 0 Å². The lowest BCUT2D eigenvalue weighted by Gasteiger charge is -2.21. The van der Waals surface area contributed by atoms with E-state index >= 15 is 0 Å². The first-order chi connectivity index (χ1) is 8.17. The number of hydrogen-bond donors (Lipinski definition) is 1. The largest absolute Gasteiger partial charge is 0.329 e. The molecule has 0 radical (unpaired) electrons. The molecule has 0 aliphatic carbocycles. The molecule has 0 atom stereocenters. The topological polar surface area (TPSA) is 29.3 Å². The van der Waals surface area contributed by atoms with Crippen LogP contribution >= 0.6 is 0 Å². The van der Waals surface area contributed by atoms with Crippen molar-refractivity contribution in [2.24, 2.45) is 5.73 Å². The standard InChI is InChI=1S/C13H20F2N2/c1-2-3-7-17(8-6-16)10-11-9-12(14)4-5-13(11)15/h4-5,9H,2-3,6-8,10,16H2,1H3. The Bertz CT molecular complexity index is 342. The summed E-state index contributed by atoms with van der Waals surface area (Å²) in [4.78, 5) is 2.06. The van der Waals surface area contributed by atoms with E-state index in [2.05, 4.69) is 11.8 Å². The number of unbranched alkanes of at least 4 members (excludes halogenated alkanes) is 1. The van der Waals surface area contributed by atoms with Gasteiger partial charge in [-0.2, -0.15) is 0 Å². The summed E-state index contributed by atoms with van der Waals surface area (Å²) in [6.07, 6.45) is 2.11. The van der Waals surface area contributed by atoms with E-state index in [0.29, 0.717) is 25.2 Å². The third-order valence-electron chi connectivity index (χ3n) is 2.67. The lowest BCUT2D eigenvalue weighted by Crippen LogP contribution is -2.30. The van der Waals surface area contributed by atoms with Gasteiger partial charge in [-0.1, -0.05) is 13.3 Å². The van der Waals surface area contributed by atoms with Crippen LogP contribution < -0.4 is 5.73 Å². The van der Waals surface area contributed by atoms with Gasteiger partial charge in [0.2, 0.25) is 0 Å². The van der Waals surface area contributed by atoms with E-state index in [9.17, 15) is 8.78 Å². The highest BCUT2D eigenvalue weighted by Gasteiger charge is 2.09. The second kappa shape index (κ2) is 7.35. The van der Waals surface area contributed by atoms with Crippen molar-refractivity contribution in [2.75, 3.05) is 19.6 Å². The van der Waals surface area contributed by atoms with Crippen LogP contribution in [-0.4, -0.2) is 24.5 Å². The SMILES string of the molecule is CCCCN(CCN)Cc1cc(F)ccc1F. The van der Waals surface area contributed by atoms with Crippen molar-refractivity contribution in [1.82, 2.24) is 4.90 Å². The monoisotopic (exact) mass is 242 g/mol. The van der Waals surface area contributed by atoms with Crippen LogP contribution in [0.2, 0.25) is 0 Å². The Morgan fingerprint density at radius 2 is 2.00 bits per heavy atom. The lowest BCUT2D eigenvalue weighted by atomic mass is 10.2. The third-order valence-corrected chi connectivity index (χ3v) is 2.67. The fourth-order valence-electron chi connectivity index (χ4n) is 1.74.